The summed E-state index contributed by atoms with van der Waals surface area (Å²) in [6, 6.07) is 0.0451. The van der Waals surface area contributed by atoms with Gasteiger partial charge in [-0.15, -0.1) is 24.2 Å². The predicted molar refractivity (Wildman–Crippen MR) is 66.5 cm³/mol. The maximum absolute atomic E-state index is 11.6. The molecule has 3 nitrogen and oxygen atoms in total. The molecule has 1 aliphatic heterocycles. The molecular weight excluding hydrogens is 232 g/mol. The Hall–Kier alpha value is 0.0700. The summed E-state index contributed by atoms with van der Waals surface area (Å²) in [5.74, 6) is 2.01. The maximum atomic E-state index is 11.6. The first-order chi connectivity index (χ1) is 6.70. The number of amides is 1. The summed E-state index contributed by atoms with van der Waals surface area (Å²) in [5, 5.41) is 6.23. The van der Waals surface area contributed by atoms with Crippen LogP contribution in [0, 0.1) is 5.41 Å². The van der Waals surface area contributed by atoms with Crippen LogP contribution in [0.15, 0.2) is 0 Å². The fourth-order valence-electron chi connectivity index (χ4n) is 1.94. The predicted octanol–water partition coefficient (Wildman–Crippen LogP) is 1.38. The molecule has 0 spiro atoms. The van der Waals surface area contributed by atoms with Crippen molar-refractivity contribution in [3.63, 3.8) is 0 Å². The van der Waals surface area contributed by atoms with E-state index in [1.165, 1.54) is 19.3 Å². The van der Waals surface area contributed by atoms with Crippen LogP contribution in [0.3, 0.4) is 0 Å². The van der Waals surface area contributed by atoms with Crippen molar-refractivity contribution in [3.05, 3.63) is 0 Å². The zero-order chi connectivity index (χ0) is 10.0. The Balaban J connectivity index is 0.00000112. The summed E-state index contributed by atoms with van der Waals surface area (Å²) in [5.41, 5.74) is 0.390. The third-order valence-corrected chi connectivity index (χ3v) is 4.22. The van der Waals surface area contributed by atoms with Gasteiger partial charge in [-0.25, -0.2) is 0 Å². The molecule has 0 bridgehead atoms. The molecule has 0 aromatic carbocycles. The molecule has 1 heterocycles. The molecule has 1 saturated heterocycles. The van der Waals surface area contributed by atoms with Gasteiger partial charge in [0.2, 0.25) is 5.91 Å². The lowest BCUT2D eigenvalue weighted by Gasteiger charge is -2.38. The molecule has 88 valence electrons. The second-order valence-electron chi connectivity index (χ2n) is 4.65. The van der Waals surface area contributed by atoms with E-state index < -0.39 is 0 Å². The van der Waals surface area contributed by atoms with Gasteiger partial charge in [-0.1, -0.05) is 13.3 Å². The van der Waals surface area contributed by atoms with Crippen molar-refractivity contribution in [2.75, 3.05) is 18.2 Å². The Bertz CT molecular complexity index is 227. The topological polar surface area (TPSA) is 41.1 Å². The van der Waals surface area contributed by atoms with Gasteiger partial charge >= 0.3 is 0 Å². The van der Waals surface area contributed by atoms with Crippen LogP contribution in [-0.4, -0.2) is 30.1 Å². The highest BCUT2D eigenvalue weighted by Gasteiger charge is 2.33. The van der Waals surface area contributed by atoms with Crippen LogP contribution in [0.4, 0.5) is 0 Å². The molecule has 2 aliphatic rings. The second-order valence-corrected chi connectivity index (χ2v) is 5.68. The lowest BCUT2D eigenvalue weighted by Crippen LogP contribution is -2.47. The van der Waals surface area contributed by atoms with Crippen molar-refractivity contribution in [1.29, 1.82) is 0 Å². The Labute approximate surface area is 102 Å². The van der Waals surface area contributed by atoms with E-state index in [-0.39, 0.29) is 24.4 Å². The molecule has 1 atom stereocenters. The van der Waals surface area contributed by atoms with Crippen molar-refractivity contribution in [2.45, 2.75) is 32.2 Å². The number of rotatable bonds is 3. The normalized spacial score (nSPS) is 27.7. The van der Waals surface area contributed by atoms with Gasteiger partial charge in [0.1, 0.15) is 0 Å². The van der Waals surface area contributed by atoms with Crippen molar-refractivity contribution in [3.8, 4) is 0 Å². The SMILES string of the molecule is CC1(CNC(=O)[C@H]2CSCN2)CCC1.Cl. The minimum absolute atomic E-state index is 0. The van der Waals surface area contributed by atoms with Gasteiger partial charge in [-0.3, -0.25) is 10.1 Å². The monoisotopic (exact) mass is 250 g/mol. The maximum Gasteiger partial charge on any atom is 0.238 e. The van der Waals surface area contributed by atoms with Crippen molar-refractivity contribution in [2.24, 2.45) is 5.41 Å². The zero-order valence-corrected chi connectivity index (χ0v) is 10.7. The molecule has 0 radical (unpaired) electrons. The molecule has 2 rings (SSSR count). The van der Waals surface area contributed by atoms with Crippen molar-refractivity contribution >= 4 is 30.1 Å². The zero-order valence-electron chi connectivity index (χ0n) is 9.04. The third kappa shape index (κ3) is 3.26. The van der Waals surface area contributed by atoms with E-state index in [9.17, 15) is 4.79 Å². The molecule has 2 fully saturated rings. The smallest absolute Gasteiger partial charge is 0.238 e. The molecule has 0 aromatic rings. The van der Waals surface area contributed by atoms with Gasteiger partial charge in [0, 0.05) is 18.2 Å². The molecule has 1 amide bonds. The Kier molecular flexibility index (Phi) is 4.74. The van der Waals surface area contributed by atoms with Crippen LogP contribution in [0.25, 0.3) is 0 Å². The van der Waals surface area contributed by atoms with E-state index in [0.717, 1.165) is 18.2 Å². The van der Waals surface area contributed by atoms with Gasteiger partial charge in [-0.05, 0) is 18.3 Å². The molecule has 5 heteroatoms. The molecular formula is C10H19ClN2OS. The average Bonchev–Trinajstić information content (AvgIpc) is 2.63. The van der Waals surface area contributed by atoms with Crippen LogP contribution < -0.4 is 10.6 Å². The minimum Gasteiger partial charge on any atom is -0.354 e. The van der Waals surface area contributed by atoms with E-state index in [1.807, 2.05) is 0 Å². The average molecular weight is 251 g/mol. The Morgan fingerprint density at radius 1 is 1.60 bits per heavy atom. The highest BCUT2D eigenvalue weighted by Crippen LogP contribution is 2.39. The van der Waals surface area contributed by atoms with E-state index >= 15 is 0 Å². The number of carbonyl (C=O) groups excluding carboxylic acids is 1. The lowest BCUT2D eigenvalue weighted by molar-refractivity contribution is -0.123. The van der Waals surface area contributed by atoms with E-state index in [2.05, 4.69) is 17.6 Å². The summed E-state index contributed by atoms with van der Waals surface area (Å²) in [6.07, 6.45) is 3.85. The van der Waals surface area contributed by atoms with Crippen LogP contribution in [0.1, 0.15) is 26.2 Å². The summed E-state index contributed by atoms with van der Waals surface area (Å²) in [4.78, 5) is 11.6. The quantitative estimate of drug-likeness (QED) is 0.795. The molecule has 0 aromatic heterocycles. The fourth-order valence-corrected chi connectivity index (χ4v) is 2.89. The molecule has 1 aliphatic carbocycles. The Morgan fingerprint density at radius 2 is 2.33 bits per heavy atom. The van der Waals surface area contributed by atoms with Gasteiger partial charge in [0.15, 0.2) is 0 Å². The first-order valence-electron chi connectivity index (χ1n) is 5.28. The number of halogens is 1. The summed E-state index contributed by atoms with van der Waals surface area (Å²) < 4.78 is 0. The largest absolute Gasteiger partial charge is 0.354 e. The third-order valence-electron chi connectivity index (χ3n) is 3.28. The second kappa shape index (κ2) is 5.41. The Morgan fingerprint density at radius 3 is 2.80 bits per heavy atom. The van der Waals surface area contributed by atoms with Crippen molar-refractivity contribution < 1.29 is 4.79 Å². The number of hydrogen-bond donors (Lipinski definition) is 2. The first-order valence-corrected chi connectivity index (χ1v) is 6.44. The van der Waals surface area contributed by atoms with Gasteiger partial charge in [0.05, 0.1) is 6.04 Å². The number of hydrogen-bond acceptors (Lipinski definition) is 3. The number of nitrogens with one attached hydrogen (secondary N) is 2. The highest BCUT2D eigenvalue weighted by molar-refractivity contribution is 7.99. The number of thioether (sulfide) groups is 1. The van der Waals surface area contributed by atoms with Crippen LogP contribution in [-0.2, 0) is 4.79 Å². The fraction of sp³-hybridized carbons (Fsp3) is 0.900. The highest BCUT2D eigenvalue weighted by atomic mass is 35.5. The van der Waals surface area contributed by atoms with Gasteiger partial charge < -0.3 is 5.32 Å². The minimum atomic E-state index is 0. The van der Waals surface area contributed by atoms with Gasteiger partial charge in [-0.2, -0.15) is 0 Å². The summed E-state index contributed by atoms with van der Waals surface area (Å²) in [7, 11) is 0. The number of carbonyl (C=O) groups is 1. The molecule has 2 N–H and O–H groups in total. The molecule has 1 saturated carbocycles. The molecule has 0 unspecified atom stereocenters. The van der Waals surface area contributed by atoms with Crippen LogP contribution in [0.5, 0.6) is 0 Å². The van der Waals surface area contributed by atoms with E-state index in [4.69, 9.17) is 0 Å². The van der Waals surface area contributed by atoms with E-state index in [0.29, 0.717) is 5.41 Å². The first kappa shape index (κ1) is 13.1. The van der Waals surface area contributed by atoms with E-state index in [1.54, 1.807) is 11.8 Å². The van der Waals surface area contributed by atoms with Crippen molar-refractivity contribution in [1.82, 2.24) is 10.6 Å². The standard InChI is InChI=1S/C10H18N2OS.ClH/c1-10(3-2-4-10)6-11-9(13)8-5-14-7-12-8;/h8,12H,2-7H2,1H3,(H,11,13);1H/t8-;/m1./s1. The van der Waals surface area contributed by atoms with Gasteiger partial charge in [0.25, 0.3) is 0 Å². The summed E-state index contributed by atoms with van der Waals surface area (Å²) >= 11 is 1.79. The van der Waals surface area contributed by atoms with Crippen LogP contribution >= 0.6 is 24.2 Å². The van der Waals surface area contributed by atoms with Crippen LogP contribution in [0.2, 0.25) is 0 Å². The molecule has 15 heavy (non-hydrogen) atoms. The lowest BCUT2D eigenvalue weighted by atomic mass is 9.70. The summed E-state index contributed by atoms with van der Waals surface area (Å²) in [6.45, 7) is 3.11.